The van der Waals surface area contributed by atoms with Crippen molar-refractivity contribution in [3.05, 3.63) is 65.5 Å². The normalized spacial score (nSPS) is 11.4. The number of hydrogen-bond donors (Lipinski definition) is 1. The Kier molecular flexibility index (Phi) is 5.94. The van der Waals surface area contributed by atoms with E-state index in [9.17, 15) is 14.3 Å². The van der Waals surface area contributed by atoms with E-state index in [1.165, 1.54) is 24.1 Å². The second kappa shape index (κ2) is 8.14. The molecule has 2 aromatic rings. The molecular formula is C19H18FNO3. The molecule has 0 aliphatic heterocycles. The zero-order chi connectivity index (χ0) is 17.5. The van der Waals surface area contributed by atoms with Crippen molar-refractivity contribution in [2.45, 2.75) is 12.6 Å². The van der Waals surface area contributed by atoms with Crippen molar-refractivity contribution in [2.75, 3.05) is 13.7 Å². The minimum absolute atomic E-state index is 0.0389. The Balaban J connectivity index is 2.18. The van der Waals surface area contributed by atoms with Gasteiger partial charge in [0, 0.05) is 6.54 Å². The van der Waals surface area contributed by atoms with Crippen LogP contribution in [-0.4, -0.2) is 29.6 Å². The van der Waals surface area contributed by atoms with Crippen molar-refractivity contribution in [3.8, 4) is 18.1 Å². The van der Waals surface area contributed by atoms with E-state index < -0.39 is 12.0 Å². The highest BCUT2D eigenvalue weighted by atomic mass is 19.1. The maximum Gasteiger partial charge on any atom is 0.257 e. The van der Waals surface area contributed by atoms with Crippen LogP contribution >= 0.6 is 0 Å². The molecule has 124 valence electrons. The average molecular weight is 327 g/mol. The molecule has 0 aliphatic rings. The van der Waals surface area contributed by atoms with E-state index in [-0.39, 0.29) is 18.9 Å². The van der Waals surface area contributed by atoms with Gasteiger partial charge in [0.2, 0.25) is 0 Å². The van der Waals surface area contributed by atoms with Crippen molar-refractivity contribution >= 4 is 5.91 Å². The largest absolute Gasteiger partial charge is 0.497 e. The summed E-state index contributed by atoms with van der Waals surface area (Å²) in [5, 5.41) is 10.4. The number of methoxy groups -OCH3 is 1. The van der Waals surface area contributed by atoms with Crippen LogP contribution in [0, 0.1) is 18.2 Å². The molecule has 0 saturated heterocycles. The molecule has 1 atom stereocenters. The summed E-state index contributed by atoms with van der Waals surface area (Å²) in [6.45, 7) is 0.224. The minimum atomic E-state index is -1.35. The van der Waals surface area contributed by atoms with E-state index in [2.05, 4.69) is 5.92 Å². The van der Waals surface area contributed by atoms with Gasteiger partial charge in [-0.05, 0) is 35.4 Å². The molecule has 1 unspecified atom stereocenters. The standard InChI is InChI=1S/C19H18FNO3/c1-3-11-21(13-14-7-9-16(20)10-8-14)19(23)18(22)15-5-4-6-17(12-15)24-2/h1,4-10,12,18,22H,11,13H2,2H3. The Bertz CT molecular complexity index is 737. The molecule has 0 fully saturated rings. The highest BCUT2D eigenvalue weighted by Crippen LogP contribution is 2.21. The molecule has 0 aliphatic carbocycles. The van der Waals surface area contributed by atoms with Crippen LogP contribution in [0.2, 0.25) is 0 Å². The van der Waals surface area contributed by atoms with Gasteiger partial charge >= 0.3 is 0 Å². The Morgan fingerprint density at radius 3 is 2.67 bits per heavy atom. The first-order chi connectivity index (χ1) is 11.5. The molecule has 0 saturated carbocycles. The summed E-state index contributed by atoms with van der Waals surface area (Å²) in [5.41, 5.74) is 1.14. The molecule has 4 nitrogen and oxygen atoms in total. The van der Waals surface area contributed by atoms with Crippen LogP contribution in [0.5, 0.6) is 5.75 Å². The van der Waals surface area contributed by atoms with Crippen molar-refractivity contribution in [1.82, 2.24) is 4.90 Å². The predicted molar refractivity (Wildman–Crippen MR) is 88.6 cm³/mol. The summed E-state index contributed by atoms with van der Waals surface area (Å²) in [7, 11) is 1.51. The van der Waals surface area contributed by atoms with E-state index in [1.54, 1.807) is 36.4 Å². The third-order valence-corrected chi connectivity index (χ3v) is 3.52. The molecule has 0 spiro atoms. The van der Waals surface area contributed by atoms with Crippen molar-refractivity contribution in [1.29, 1.82) is 0 Å². The number of halogens is 1. The number of aliphatic hydroxyl groups excluding tert-OH is 1. The highest BCUT2D eigenvalue weighted by Gasteiger charge is 2.24. The molecule has 5 heteroatoms. The van der Waals surface area contributed by atoms with Crippen LogP contribution in [0.4, 0.5) is 4.39 Å². The molecule has 0 aromatic heterocycles. The quantitative estimate of drug-likeness (QED) is 0.830. The Hall–Kier alpha value is -2.84. The van der Waals surface area contributed by atoms with Crippen molar-refractivity contribution in [3.63, 3.8) is 0 Å². The van der Waals surface area contributed by atoms with E-state index in [1.807, 2.05) is 0 Å². The molecule has 2 rings (SSSR count). The smallest absolute Gasteiger partial charge is 0.257 e. The van der Waals surface area contributed by atoms with Crippen molar-refractivity contribution in [2.24, 2.45) is 0 Å². The molecule has 2 aromatic carbocycles. The number of nitrogens with zero attached hydrogens (tertiary/aromatic N) is 1. The molecule has 0 bridgehead atoms. The number of terminal acetylenes is 1. The Morgan fingerprint density at radius 1 is 1.33 bits per heavy atom. The second-order valence-electron chi connectivity index (χ2n) is 5.20. The van der Waals surface area contributed by atoms with Crippen LogP contribution in [0.25, 0.3) is 0 Å². The van der Waals surface area contributed by atoms with Gasteiger partial charge in [0.1, 0.15) is 11.6 Å². The summed E-state index contributed by atoms with van der Waals surface area (Å²) >= 11 is 0. The number of aliphatic hydroxyl groups is 1. The minimum Gasteiger partial charge on any atom is -0.497 e. The number of carbonyl (C=O) groups excluding carboxylic acids is 1. The Morgan fingerprint density at radius 2 is 2.04 bits per heavy atom. The topological polar surface area (TPSA) is 49.8 Å². The lowest BCUT2D eigenvalue weighted by atomic mass is 10.1. The lowest BCUT2D eigenvalue weighted by molar-refractivity contribution is -0.140. The van der Waals surface area contributed by atoms with Gasteiger partial charge in [-0.25, -0.2) is 4.39 Å². The lowest BCUT2D eigenvalue weighted by Crippen LogP contribution is -2.35. The maximum absolute atomic E-state index is 13.0. The SMILES string of the molecule is C#CCN(Cc1ccc(F)cc1)C(=O)C(O)c1cccc(OC)c1. The number of amides is 1. The predicted octanol–water partition coefficient (Wildman–Crippen LogP) is 2.53. The van der Waals surface area contributed by atoms with Gasteiger partial charge in [-0.1, -0.05) is 30.2 Å². The fourth-order valence-corrected chi connectivity index (χ4v) is 2.26. The van der Waals surface area contributed by atoms with Gasteiger partial charge in [-0.3, -0.25) is 4.79 Å². The van der Waals surface area contributed by atoms with Gasteiger partial charge < -0.3 is 14.7 Å². The van der Waals surface area contributed by atoms with E-state index in [0.717, 1.165) is 5.56 Å². The third-order valence-electron chi connectivity index (χ3n) is 3.52. The summed E-state index contributed by atoms with van der Waals surface area (Å²) in [5.74, 6) is 2.07. The third kappa shape index (κ3) is 4.34. The highest BCUT2D eigenvalue weighted by molar-refractivity contribution is 5.82. The lowest BCUT2D eigenvalue weighted by Gasteiger charge is -2.23. The average Bonchev–Trinajstić information content (AvgIpc) is 2.62. The number of carbonyl (C=O) groups is 1. The summed E-state index contributed by atoms with van der Waals surface area (Å²) in [6.07, 6.45) is 3.97. The van der Waals surface area contributed by atoms with Crippen LogP contribution in [0.1, 0.15) is 17.2 Å². The van der Waals surface area contributed by atoms with Gasteiger partial charge in [-0.15, -0.1) is 6.42 Å². The molecule has 24 heavy (non-hydrogen) atoms. The van der Waals surface area contributed by atoms with Crippen LogP contribution in [0.15, 0.2) is 48.5 Å². The first-order valence-electron chi connectivity index (χ1n) is 7.34. The first-order valence-corrected chi connectivity index (χ1v) is 7.34. The number of benzene rings is 2. The van der Waals surface area contributed by atoms with Gasteiger partial charge in [0.15, 0.2) is 6.10 Å². The molecule has 1 N–H and O–H groups in total. The molecule has 0 radical (unpaired) electrons. The first kappa shape index (κ1) is 17.5. The zero-order valence-corrected chi connectivity index (χ0v) is 13.3. The Labute approximate surface area is 140 Å². The van der Waals surface area contributed by atoms with E-state index in [4.69, 9.17) is 11.2 Å². The van der Waals surface area contributed by atoms with Gasteiger partial charge in [0.05, 0.1) is 13.7 Å². The summed E-state index contributed by atoms with van der Waals surface area (Å²) in [6, 6.07) is 12.4. The summed E-state index contributed by atoms with van der Waals surface area (Å²) in [4.78, 5) is 13.9. The van der Waals surface area contributed by atoms with Gasteiger partial charge in [0.25, 0.3) is 5.91 Å². The zero-order valence-electron chi connectivity index (χ0n) is 13.3. The van der Waals surface area contributed by atoms with Gasteiger partial charge in [-0.2, -0.15) is 0 Å². The monoisotopic (exact) mass is 327 g/mol. The summed E-state index contributed by atoms with van der Waals surface area (Å²) < 4.78 is 18.1. The molecular weight excluding hydrogens is 309 g/mol. The number of ether oxygens (including phenoxy) is 1. The molecule has 0 heterocycles. The maximum atomic E-state index is 13.0. The fourth-order valence-electron chi connectivity index (χ4n) is 2.26. The van der Waals surface area contributed by atoms with Crippen LogP contribution in [-0.2, 0) is 11.3 Å². The number of rotatable bonds is 6. The van der Waals surface area contributed by atoms with E-state index in [0.29, 0.717) is 11.3 Å². The fraction of sp³-hybridized carbons (Fsp3) is 0.211. The number of hydrogen-bond acceptors (Lipinski definition) is 3. The second-order valence-corrected chi connectivity index (χ2v) is 5.20. The van der Waals surface area contributed by atoms with Crippen molar-refractivity contribution < 1.29 is 19.0 Å². The van der Waals surface area contributed by atoms with E-state index >= 15 is 0 Å². The van der Waals surface area contributed by atoms with Crippen LogP contribution < -0.4 is 4.74 Å². The molecule has 1 amide bonds. The van der Waals surface area contributed by atoms with Crippen LogP contribution in [0.3, 0.4) is 0 Å².